The van der Waals surface area contributed by atoms with Gasteiger partial charge in [-0.05, 0) is 55.3 Å². The minimum Gasteiger partial charge on any atom is -0.496 e. The third-order valence-corrected chi connectivity index (χ3v) is 5.22. The van der Waals surface area contributed by atoms with Gasteiger partial charge in [0.25, 0.3) is 11.8 Å². The molecule has 160 valence electrons. The van der Waals surface area contributed by atoms with Gasteiger partial charge >= 0.3 is 6.18 Å². The van der Waals surface area contributed by atoms with Crippen LogP contribution in [0.1, 0.15) is 39.1 Å². The van der Waals surface area contributed by atoms with Crippen LogP contribution in [0.15, 0.2) is 42.5 Å². The summed E-state index contributed by atoms with van der Waals surface area (Å²) in [6.07, 6.45) is -3.38. The fourth-order valence-electron chi connectivity index (χ4n) is 3.33. The summed E-state index contributed by atoms with van der Waals surface area (Å²) in [6.45, 7) is 0.773. The van der Waals surface area contributed by atoms with E-state index < -0.39 is 11.7 Å². The summed E-state index contributed by atoms with van der Waals surface area (Å²) < 4.78 is 43.2. The number of halogens is 4. The highest BCUT2D eigenvalue weighted by Crippen LogP contribution is 2.29. The predicted molar refractivity (Wildman–Crippen MR) is 106 cm³/mol. The number of benzene rings is 2. The van der Waals surface area contributed by atoms with E-state index in [1.54, 1.807) is 17.0 Å². The van der Waals surface area contributed by atoms with Gasteiger partial charge in [0.15, 0.2) is 0 Å². The maximum absolute atomic E-state index is 12.7. The zero-order valence-corrected chi connectivity index (χ0v) is 16.9. The largest absolute Gasteiger partial charge is 0.496 e. The molecule has 1 N–H and O–H groups in total. The number of carbonyl (C=O) groups excluding carboxylic acids is 2. The smallest absolute Gasteiger partial charge is 0.416 e. The molecule has 1 heterocycles. The first-order valence-electron chi connectivity index (χ1n) is 9.30. The molecule has 0 bridgehead atoms. The summed E-state index contributed by atoms with van der Waals surface area (Å²) in [5, 5.41) is 3.33. The third-order valence-electron chi connectivity index (χ3n) is 4.98. The molecule has 1 fully saturated rings. The van der Waals surface area contributed by atoms with Crippen LogP contribution in [0.3, 0.4) is 0 Å². The van der Waals surface area contributed by atoms with Crippen molar-refractivity contribution >= 4 is 23.4 Å². The molecule has 0 radical (unpaired) electrons. The molecule has 1 aliphatic rings. The first-order chi connectivity index (χ1) is 14.2. The van der Waals surface area contributed by atoms with Gasteiger partial charge in [0.2, 0.25) is 0 Å². The van der Waals surface area contributed by atoms with E-state index in [2.05, 4.69) is 5.32 Å². The number of alkyl halides is 3. The van der Waals surface area contributed by atoms with Crippen molar-refractivity contribution in [2.45, 2.75) is 25.1 Å². The van der Waals surface area contributed by atoms with Crippen LogP contribution in [0.2, 0.25) is 5.02 Å². The molecule has 2 aromatic rings. The first kappa shape index (κ1) is 22.0. The summed E-state index contributed by atoms with van der Waals surface area (Å²) in [5.41, 5.74) is -0.265. The van der Waals surface area contributed by atoms with Crippen molar-refractivity contribution < 1.29 is 27.5 Å². The van der Waals surface area contributed by atoms with Gasteiger partial charge in [-0.15, -0.1) is 0 Å². The van der Waals surface area contributed by atoms with Crippen molar-refractivity contribution in [3.05, 3.63) is 64.2 Å². The number of nitrogens with zero attached hydrogens (tertiary/aromatic N) is 1. The molecule has 0 aliphatic carbocycles. The molecule has 0 spiro atoms. The van der Waals surface area contributed by atoms with Crippen LogP contribution in [-0.4, -0.2) is 43.0 Å². The van der Waals surface area contributed by atoms with Crippen LogP contribution < -0.4 is 10.1 Å². The molecular weight excluding hydrogens is 421 g/mol. The van der Waals surface area contributed by atoms with Crippen LogP contribution in [0.4, 0.5) is 13.2 Å². The predicted octanol–water partition coefficient (Wildman–Crippen LogP) is 4.40. The molecular formula is C21H20ClF3N2O3. The Kier molecular flexibility index (Phi) is 6.55. The Morgan fingerprint density at radius 3 is 2.30 bits per heavy atom. The van der Waals surface area contributed by atoms with Crippen LogP contribution in [0.25, 0.3) is 0 Å². The number of hydrogen-bond donors (Lipinski definition) is 1. The van der Waals surface area contributed by atoms with Gasteiger partial charge < -0.3 is 15.0 Å². The molecule has 2 aromatic carbocycles. The number of hydrogen-bond acceptors (Lipinski definition) is 3. The fourth-order valence-corrected chi connectivity index (χ4v) is 3.50. The Hall–Kier alpha value is -2.74. The van der Waals surface area contributed by atoms with Crippen molar-refractivity contribution in [3.8, 4) is 5.75 Å². The van der Waals surface area contributed by atoms with Crippen molar-refractivity contribution in [3.63, 3.8) is 0 Å². The normalized spacial score (nSPS) is 15.0. The van der Waals surface area contributed by atoms with E-state index in [0.29, 0.717) is 42.3 Å². The van der Waals surface area contributed by atoms with Gasteiger partial charge in [0, 0.05) is 29.7 Å². The Morgan fingerprint density at radius 1 is 1.10 bits per heavy atom. The van der Waals surface area contributed by atoms with Crippen LogP contribution in [-0.2, 0) is 6.18 Å². The number of rotatable bonds is 4. The average molecular weight is 441 g/mol. The molecule has 1 aliphatic heterocycles. The second-order valence-corrected chi connectivity index (χ2v) is 7.40. The number of ether oxygens (including phenoxy) is 1. The van der Waals surface area contributed by atoms with E-state index in [1.807, 2.05) is 0 Å². The van der Waals surface area contributed by atoms with E-state index in [-0.39, 0.29) is 23.4 Å². The molecule has 5 nitrogen and oxygen atoms in total. The zero-order chi connectivity index (χ0) is 21.9. The van der Waals surface area contributed by atoms with Gasteiger partial charge in [-0.25, -0.2) is 0 Å². The number of methoxy groups -OCH3 is 1. The van der Waals surface area contributed by atoms with Gasteiger partial charge in [-0.2, -0.15) is 13.2 Å². The zero-order valence-electron chi connectivity index (χ0n) is 16.1. The van der Waals surface area contributed by atoms with Crippen molar-refractivity contribution in [1.82, 2.24) is 10.2 Å². The molecule has 0 saturated carbocycles. The quantitative estimate of drug-likeness (QED) is 0.766. The Morgan fingerprint density at radius 2 is 1.73 bits per heavy atom. The van der Waals surface area contributed by atoms with Crippen LogP contribution >= 0.6 is 11.6 Å². The maximum atomic E-state index is 12.7. The standard InChI is InChI=1S/C21H20ClF3N2O3/c1-30-18-7-6-15(22)12-17(18)19(28)26-16-8-10-27(11-9-16)20(29)13-2-4-14(5-3-13)21(23,24)25/h2-7,12,16H,8-11H2,1H3,(H,26,28). The summed E-state index contributed by atoms with van der Waals surface area (Å²) in [5.74, 6) is -0.237. The highest BCUT2D eigenvalue weighted by Gasteiger charge is 2.31. The van der Waals surface area contributed by atoms with Gasteiger partial charge in [-0.1, -0.05) is 11.6 Å². The SMILES string of the molecule is COc1ccc(Cl)cc1C(=O)NC1CCN(C(=O)c2ccc(C(F)(F)F)cc2)CC1. The number of nitrogens with one attached hydrogen (secondary N) is 1. The Bertz CT molecular complexity index is 924. The highest BCUT2D eigenvalue weighted by atomic mass is 35.5. The number of piperidine rings is 1. The van der Waals surface area contributed by atoms with E-state index in [9.17, 15) is 22.8 Å². The molecule has 3 rings (SSSR count). The van der Waals surface area contributed by atoms with Gasteiger partial charge in [0.1, 0.15) is 5.75 Å². The van der Waals surface area contributed by atoms with Crippen molar-refractivity contribution in [2.75, 3.05) is 20.2 Å². The molecule has 2 amide bonds. The lowest BCUT2D eigenvalue weighted by Crippen LogP contribution is -2.46. The second kappa shape index (κ2) is 8.95. The minimum atomic E-state index is -4.44. The van der Waals surface area contributed by atoms with Crippen molar-refractivity contribution in [1.29, 1.82) is 0 Å². The Balaban J connectivity index is 1.58. The van der Waals surface area contributed by atoms with E-state index in [4.69, 9.17) is 16.3 Å². The molecule has 1 saturated heterocycles. The van der Waals surface area contributed by atoms with Gasteiger partial charge in [0.05, 0.1) is 18.2 Å². The topological polar surface area (TPSA) is 58.6 Å². The van der Waals surface area contributed by atoms with Crippen LogP contribution in [0.5, 0.6) is 5.75 Å². The molecule has 30 heavy (non-hydrogen) atoms. The van der Waals surface area contributed by atoms with E-state index >= 15 is 0 Å². The molecule has 9 heteroatoms. The summed E-state index contributed by atoms with van der Waals surface area (Å²) in [7, 11) is 1.46. The lowest BCUT2D eigenvalue weighted by atomic mass is 10.0. The van der Waals surface area contributed by atoms with Gasteiger partial charge in [-0.3, -0.25) is 9.59 Å². The highest BCUT2D eigenvalue weighted by molar-refractivity contribution is 6.31. The number of amides is 2. The lowest BCUT2D eigenvalue weighted by Gasteiger charge is -2.32. The average Bonchev–Trinajstić information content (AvgIpc) is 2.73. The van der Waals surface area contributed by atoms with E-state index in [0.717, 1.165) is 12.1 Å². The first-order valence-corrected chi connectivity index (χ1v) is 9.68. The number of likely N-dealkylation sites (tertiary alicyclic amines) is 1. The summed E-state index contributed by atoms with van der Waals surface area (Å²) in [6, 6.07) is 8.80. The fraction of sp³-hybridized carbons (Fsp3) is 0.333. The minimum absolute atomic E-state index is 0.141. The van der Waals surface area contributed by atoms with E-state index in [1.165, 1.54) is 25.3 Å². The molecule has 0 aromatic heterocycles. The molecule has 0 atom stereocenters. The molecule has 0 unspecified atom stereocenters. The summed E-state index contributed by atoms with van der Waals surface area (Å²) in [4.78, 5) is 26.7. The summed E-state index contributed by atoms with van der Waals surface area (Å²) >= 11 is 5.97. The Labute approximate surface area is 176 Å². The second-order valence-electron chi connectivity index (χ2n) is 6.96. The monoisotopic (exact) mass is 440 g/mol. The van der Waals surface area contributed by atoms with Crippen LogP contribution in [0, 0.1) is 0 Å². The lowest BCUT2D eigenvalue weighted by molar-refractivity contribution is -0.137. The maximum Gasteiger partial charge on any atom is 0.416 e. The number of carbonyl (C=O) groups is 2. The third kappa shape index (κ3) is 5.05. The van der Waals surface area contributed by atoms with Crippen molar-refractivity contribution in [2.24, 2.45) is 0 Å².